The number of nitrogens with zero attached hydrogens (tertiary/aromatic N) is 8. The molecule has 34 heavy (non-hydrogen) atoms. The van der Waals surface area contributed by atoms with Gasteiger partial charge in [-0.25, -0.2) is 0 Å². The van der Waals surface area contributed by atoms with E-state index in [1.54, 1.807) is 0 Å². The van der Waals surface area contributed by atoms with Gasteiger partial charge in [0.1, 0.15) is 5.78 Å². The Balaban J connectivity index is 1.63. The van der Waals surface area contributed by atoms with Gasteiger partial charge in [-0.15, -0.1) is 0 Å². The van der Waals surface area contributed by atoms with Crippen LogP contribution in [0.3, 0.4) is 0 Å². The van der Waals surface area contributed by atoms with Crippen molar-refractivity contribution in [2.24, 2.45) is 0 Å². The van der Waals surface area contributed by atoms with E-state index in [-0.39, 0.29) is 30.5 Å². The van der Waals surface area contributed by atoms with Crippen LogP contribution in [-0.2, 0) is 4.79 Å². The van der Waals surface area contributed by atoms with Crippen molar-refractivity contribution in [2.45, 2.75) is 52.4 Å². The van der Waals surface area contributed by atoms with Gasteiger partial charge in [-0.2, -0.15) is 40.8 Å². The number of aryl methyl sites for hydroxylation is 4. The Bertz CT molecular complexity index is 1050. The number of hydrogen-bond acceptors (Lipinski definition) is 9. The van der Waals surface area contributed by atoms with Gasteiger partial charge in [0.25, 0.3) is 0 Å². The van der Waals surface area contributed by atoms with Crippen molar-refractivity contribution in [2.75, 3.05) is 0 Å². The van der Waals surface area contributed by atoms with Crippen molar-refractivity contribution in [1.82, 2.24) is 40.8 Å². The van der Waals surface area contributed by atoms with E-state index in [4.69, 9.17) is 0 Å². The minimum Gasteiger partial charge on any atom is -0.300 e. The summed E-state index contributed by atoms with van der Waals surface area (Å²) in [5.74, 6) is -0.699. The topological polar surface area (TPSA) is 120 Å². The Kier molecular flexibility index (Phi) is 7.01. The van der Waals surface area contributed by atoms with Crippen LogP contribution in [0, 0.1) is 27.7 Å². The zero-order chi connectivity index (χ0) is 24.1. The zero-order valence-corrected chi connectivity index (χ0v) is 19.7. The van der Waals surface area contributed by atoms with Gasteiger partial charge in [0.15, 0.2) is 0 Å². The van der Waals surface area contributed by atoms with Crippen LogP contribution < -0.4 is 0 Å². The van der Waals surface area contributed by atoms with E-state index in [2.05, 4.69) is 40.8 Å². The first-order valence-electron chi connectivity index (χ1n) is 11.1. The zero-order valence-electron chi connectivity index (χ0n) is 19.7. The number of ketones is 1. The van der Waals surface area contributed by atoms with Gasteiger partial charge in [0, 0.05) is 12.8 Å². The highest BCUT2D eigenvalue weighted by atomic mass is 16.1. The lowest BCUT2D eigenvalue weighted by Gasteiger charge is -2.18. The molecule has 0 aliphatic heterocycles. The highest BCUT2D eigenvalue weighted by molar-refractivity contribution is 5.81. The third-order valence-corrected chi connectivity index (χ3v) is 5.57. The third-order valence-electron chi connectivity index (χ3n) is 5.57. The average Bonchev–Trinajstić information content (AvgIpc) is 2.84. The highest BCUT2D eigenvalue weighted by Crippen LogP contribution is 2.30. The standard InChI is InChI=1S/C25H26N8O/c1-15-5-9-22(30-26-15)20(23-10-6-16(2)27-31-23)13-19(34)14-21(24-11-7-17(3)28-32-24)25-12-8-18(4)29-33-25/h5-12,20-21H,13-14H2,1-4H3. The van der Waals surface area contributed by atoms with E-state index in [9.17, 15) is 4.79 Å². The molecule has 0 fully saturated rings. The van der Waals surface area contributed by atoms with Gasteiger partial charge in [-0.3, -0.25) is 4.79 Å². The van der Waals surface area contributed by atoms with E-state index in [1.165, 1.54) is 0 Å². The maximum absolute atomic E-state index is 13.4. The lowest BCUT2D eigenvalue weighted by atomic mass is 9.88. The van der Waals surface area contributed by atoms with Crippen LogP contribution in [0.15, 0.2) is 48.5 Å². The maximum atomic E-state index is 13.4. The Hall–Kier alpha value is -4.01. The molecule has 0 radical (unpaired) electrons. The van der Waals surface area contributed by atoms with Crippen molar-refractivity contribution in [3.8, 4) is 0 Å². The molecule has 0 saturated carbocycles. The number of carbonyl (C=O) groups excluding carboxylic acids is 1. The number of aromatic nitrogens is 8. The summed E-state index contributed by atoms with van der Waals surface area (Å²) in [6.45, 7) is 7.49. The molecule has 0 amide bonds. The lowest BCUT2D eigenvalue weighted by Crippen LogP contribution is -2.17. The van der Waals surface area contributed by atoms with Crippen molar-refractivity contribution in [3.63, 3.8) is 0 Å². The van der Waals surface area contributed by atoms with Crippen molar-refractivity contribution in [1.29, 1.82) is 0 Å². The third kappa shape index (κ3) is 5.67. The van der Waals surface area contributed by atoms with Crippen LogP contribution in [0.25, 0.3) is 0 Å². The quantitative estimate of drug-likeness (QED) is 0.394. The molecule has 0 saturated heterocycles. The Morgan fingerprint density at radius 3 is 0.971 bits per heavy atom. The molecule has 0 aliphatic carbocycles. The molecular weight excluding hydrogens is 428 g/mol. The van der Waals surface area contributed by atoms with E-state index < -0.39 is 0 Å². The Morgan fingerprint density at radius 1 is 0.500 bits per heavy atom. The van der Waals surface area contributed by atoms with Crippen molar-refractivity contribution < 1.29 is 4.79 Å². The van der Waals surface area contributed by atoms with E-state index >= 15 is 0 Å². The summed E-state index contributed by atoms with van der Waals surface area (Å²) in [6.07, 6.45) is 0.398. The number of hydrogen-bond donors (Lipinski definition) is 0. The molecule has 0 bridgehead atoms. The summed E-state index contributed by atoms with van der Waals surface area (Å²) in [6, 6.07) is 15.1. The molecule has 0 unspecified atom stereocenters. The summed E-state index contributed by atoms with van der Waals surface area (Å²) in [5.41, 5.74) is 5.94. The first kappa shape index (κ1) is 23.2. The molecule has 172 valence electrons. The predicted molar refractivity (Wildman–Crippen MR) is 125 cm³/mol. The largest absolute Gasteiger partial charge is 0.300 e. The van der Waals surface area contributed by atoms with E-state index in [1.807, 2.05) is 76.2 Å². The minimum atomic E-state index is -0.359. The van der Waals surface area contributed by atoms with Gasteiger partial charge in [-0.1, -0.05) is 0 Å². The van der Waals surface area contributed by atoms with E-state index in [0.717, 1.165) is 22.8 Å². The fourth-order valence-electron chi connectivity index (χ4n) is 3.64. The fourth-order valence-corrected chi connectivity index (χ4v) is 3.64. The molecule has 4 rings (SSSR count). The molecular formula is C25H26N8O. The van der Waals surface area contributed by atoms with Crippen LogP contribution in [0.5, 0.6) is 0 Å². The second-order valence-electron chi connectivity index (χ2n) is 8.45. The summed E-state index contributed by atoms with van der Waals surface area (Å²) < 4.78 is 0. The maximum Gasteiger partial charge on any atom is 0.135 e. The van der Waals surface area contributed by atoms with E-state index in [0.29, 0.717) is 22.8 Å². The summed E-state index contributed by atoms with van der Waals surface area (Å²) >= 11 is 0. The number of carbonyl (C=O) groups is 1. The van der Waals surface area contributed by atoms with Crippen LogP contribution in [-0.4, -0.2) is 46.6 Å². The Morgan fingerprint density at radius 2 is 0.765 bits per heavy atom. The van der Waals surface area contributed by atoms with Crippen LogP contribution in [0.4, 0.5) is 0 Å². The van der Waals surface area contributed by atoms with Gasteiger partial charge >= 0.3 is 0 Å². The monoisotopic (exact) mass is 454 g/mol. The van der Waals surface area contributed by atoms with Gasteiger partial charge in [0.2, 0.25) is 0 Å². The molecule has 4 aromatic rings. The number of rotatable bonds is 8. The van der Waals surface area contributed by atoms with Crippen LogP contribution in [0.1, 0.15) is 70.2 Å². The van der Waals surface area contributed by atoms with Crippen molar-refractivity contribution in [3.05, 3.63) is 94.1 Å². The molecule has 4 aromatic heterocycles. The average molecular weight is 455 g/mol. The fraction of sp³-hybridized carbons (Fsp3) is 0.320. The van der Waals surface area contributed by atoms with Gasteiger partial charge in [0.05, 0.1) is 57.4 Å². The Labute approximate surface area is 198 Å². The second-order valence-corrected chi connectivity index (χ2v) is 8.45. The van der Waals surface area contributed by atoms with Gasteiger partial charge < -0.3 is 0 Å². The smallest absolute Gasteiger partial charge is 0.135 e. The molecule has 0 atom stereocenters. The van der Waals surface area contributed by atoms with Crippen LogP contribution in [0.2, 0.25) is 0 Å². The summed E-state index contributed by atoms with van der Waals surface area (Å²) in [7, 11) is 0. The molecule has 0 aliphatic rings. The molecule has 9 nitrogen and oxygen atoms in total. The normalized spacial score (nSPS) is 11.2. The number of Topliss-reactive ketones (excluding diaryl/α,β-unsaturated/α-hetero) is 1. The lowest BCUT2D eigenvalue weighted by molar-refractivity contribution is -0.119. The summed E-state index contributed by atoms with van der Waals surface area (Å²) in [5, 5.41) is 34.0. The highest BCUT2D eigenvalue weighted by Gasteiger charge is 2.27. The molecule has 9 heteroatoms. The predicted octanol–water partition coefficient (Wildman–Crippen LogP) is 3.39. The van der Waals surface area contributed by atoms with Crippen molar-refractivity contribution >= 4 is 5.78 Å². The molecule has 0 N–H and O–H groups in total. The SMILES string of the molecule is Cc1ccc(C(CC(=O)CC(c2ccc(C)nn2)c2ccc(C)nn2)c2ccc(C)nn2)nn1. The summed E-state index contributed by atoms with van der Waals surface area (Å²) in [4.78, 5) is 13.4. The van der Waals surface area contributed by atoms with Gasteiger partial charge in [-0.05, 0) is 76.2 Å². The molecule has 0 spiro atoms. The van der Waals surface area contributed by atoms with Crippen LogP contribution >= 0.6 is 0 Å². The molecule has 0 aromatic carbocycles. The first-order chi connectivity index (χ1) is 16.4. The molecule has 4 heterocycles. The minimum absolute atomic E-state index is 0.0181. The second kappa shape index (κ2) is 10.3. The first-order valence-corrected chi connectivity index (χ1v) is 11.1.